The van der Waals surface area contributed by atoms with Crippen LogP contribution in [-0.2, 0) is 0 Å². The van der Waals surface area contributed by atoms with Crippen molar-refractivity contribution in [2.75, 3.05) is 44.2 Å². The number of hydrogen-bond acceptors (Lipinski definition) is 5. The van der Waals surface area contributed by atoms with Gasteiger partial charge < -0.3 is 24.6 Å². The SMILES string of the molecule is CN(C)c1ccc(NC(=O)c2ccc3c(c2)OCO3)cc1C(=O)N1CCCC1. The van der Waals surface area contributed by atoms with Crippen molar-refractivity contribution in [2.45, 2.75) is 12.8 Å². The minimum absolute atomic E-state index is 0.000350. The number of likely N-dealkylation sites (tertiary alicyclic amines) is 1. The fourth-order valence-electron chi connectivity index (χ4n) is 3.51. The lowest BCUT2D eigenvalue weighted by Gasteiger charge is -2.22. The van der Waals surface area contributed by atoms with Gasteiger partial charge in [-0.3, -0.25) is 9.59 Å². The number of benzene rings is 2. The summed E-state index contributed by atoms with van der Waals surface area (Å²) < 4.78 is 10.6. The van der Waals surface area contributed by atoms with Crippen molar-refractivity contribution in [3.05, 3.63) is 47.5 Å². The highest BCUT2D eigenvalue weighted by Crippen LogP contribution is 2.33. The van der Waals surface area contributed by atoms with Gasteiger partial charge in [-0.1, -0.05) is 0 Å². The van der Waals surface area contributed by atoms with Gasteiger partial charge in [0.25, 0.3) is 11.8 Å². The maximum absolute atomic E-state index is 13.0. The Morgan fingerprint density at radius 2 is 1.75 bits per heavy atom. The van der Waals surface area contributed by atoms with Gasteiger partial charge >= 0.3 is 0 Å². The quantitative estimate of drug-likeness (QED) is 0.882. The first kappa shape index (κ1) is 18.2. The van der Waals surface area contributed by atoms with Gasteiger partial charge in [0.1, 0.15) is 0 Å². The molecule has 28 heavy (non-hydrogen) atoms. The number of carbonyl (C=O) groups is 2. The zero-order chi connectivity index (χ0) is 19.7. The lowest BCUT2D eigenvalue weighted by Crippen LogP contribution is -2.29. The summed E-state index contributed by atoms with van der Waals surface area (Å²) >= 11 is 0. The second-order valence-electron chi connectivity index (χ2n) is 7.15. The molecule has 146 valence electrons. The highest BCUT2D eigenvalue weighted by molar-refractivity contribution is 6.06. The van der Waals surface area contributed by atoms with Gasteiger partial charge in [0.05, 0.1) is 5.56 Å². The molecule has 0 bridgehead atoms. The second-order valence-corrected chi connectivity index (χ2v) is 7.15. The van der Waals surface area contributed by atoms with E-state index in [-0.39, 0.29) is 18.6 Å². The average molecular weight is 381 g/mol. The highest BCUT2D eigenvalue weighted by Gasteiger charge is 2.23. The Morgan fingerprint density at radius 3 is 2.50 bits per heavy atom. The van der Waals surface area contributed by atoms with Crippen LogP contribution in [0.3, 0.4) is 0 Å². The van der Waals surface area contributed by atoms with E-state index in [9.17, 15) is 9.59 Å². The largest absolute Gasteiger partial charge is 0.454 e. The van der Waals surface area contributed by atoms with Crippen molar-refractivity contribution in [2.24, 2.45) is 0 Å². The molecule has 7 heteroatoms. The number of rotatable bonds is 4. The number of nitrogens with zero attached hydrogens (tertiary/aromatic N) is 2. The number of amides is 2. The van der Waals surface area contributed by atoms with E-state index >= 15 is 0 Å². The third-order valence-electron chi connectivity index (χ3n) is 4.99. The first-order chi connectivity index (χ1) is 13.5. The third kappa shape index (κ3) is 3.47. The fraction of sp³-hybridized carbons (Fsp3) is 0.333. The molecule has 0 radical (unpaired) electrons. The lowest BCUT2D eigenvalue weighted by molar-refractivity contribution is 0.0793. The Hall–Kier alpha value is -3.22. The average Bonchev–Trinajstić information content (AvgIpc) is 3.38. The minimum atomic E-state index is -0.268. The van der Waals surface area contributed by atoms with Crippen LogP contribution in [0.1, 0.15) is 33.6 Å². The summed E-state index contributed by atoms with van der Waals surface area (Å²) in [5.74, 6) is 0.918. The van der Waals surface area contributed by atoms with Crippen LogP contribution in [0.15, 0.2) is 36.4 Å². The summed E-state index contributed by atoms with van der Waals surface area (Å²) in [4.78, 5) is 29.4. The van der Waals surface area contributed by atoms with Gasteiger partial charge in [0, 0.05) is 44.1 Å². The smallest absolute Gasteiger partial charge is 0.256 e. The monoisotopic (exact) mass is 381 g/mol. The van der Waals surface area contributed by atoms with Crippen LogP contribution in [0.2, 0.25) is 0 Å². The Labute approximate surface area is 163 Å². The van der Waals surface area contributed by atoms with Crippen LogP contribution in [0.4, 0.5) is 11.4 Å². The molecule has 1 N–H and O–H groups in total. The zero-order valence-corrected chi connectivity index (χ0v) is 16.0. The summed E-state index contributed by atoms with van der Waals surface area (Å²) in [6.07, 6.45) is 2.06. The van der Waals surface area contributed by atoms with Gasteiger partial charge in [0.15, 0.2) is 11.5 Å². The molecule has 0 atom stereocenters. The van der Waals surface area contributed by atoms with Crippen LogP contribution in [0.25, 0.3) is 0 Å². The molecule has 2 aromatic rings. The molecular formula is C21H23N3O4. The second kappa shape index (κ2) is 7.42. The number of hydrogen-bond donors (Lipinski definition) is 1. The van der Waals surface area contributed by atoms with Crippen molar-refractivity contribution in [1.82, 2.24) is 4.90 Å². The standard InChI is InChI=1S/C21H23N3O4/c1-23(2)17-7-6-15(12-16(17)21(26)24-9-3-4-10-24)22-20(25)14-5-8-18-19(11-14)28-13-27-18/h5-8,11-12H,3-4,9-10,13H2,1-2H3,(H,22,25). The van der Waals surface area contributed by atoms with Gasteiger partial charge in [0.2, 0.25) is 6.79 Å². The van der Waals surface area contributed by atoms with Crippen molar-refractivity contribution < 1.29 is 19.1 Å². The molecule has 0 aliphatic carbocycles. The van der Waals surface area contributed by atoms with Gasteiger partial charge in [-0.2, -0.15) is 0 Å². The van der Waals surface area contributed by atoms with Crippen LogP contribution < -0.4 is 19.7 Å². The molecule has 1 fully saturated rings. The van der Waals surface area contributed by atoms with E-state index in [2.05, 4.69) is 5.32 Å². The molecule has 2 heterocycles. The number of nitrogens with one attached hydrogen (secondary N) is 1. The van der Waals surface area contributed by atoms with Crippen LogP contribution in [0, 0.1) is 0 Å². The molecule has 2 aromatic carbocycles. The summed E-state index contributed by atoms with van der Waals surface area (Å²) in [7, 11) is 3.81. The van der Waals surface area contributed by atoms with Crippen molar-refractivity contribution in [3.8, 4) is 11.5 Å². The number of fused-ring (bicyclic) bond motifs is 1. The molecule has 0 saturated carbocycles. The van der Waals surface area contributed by atoms with Crippen molar-refractivity contribution in [1.29, 1.82) is 0 Å². The van der Waals surface area contributed by atoms with Crippen molar-refractivity contribution >= 4 is 23.2 Å². The molecular weight excluding hydrogens is 358 g/mol. The maximum atomic E-state index is 13.0. The fourth-order valence-corrected chi connectivity index (χ4v) is 3.51. The Morgan fingerprint density at radius 1 is 1.00 bits per heavy atom. The maximum Gasteiger partial charge on any atom is 0.256 e. The molecule has 2 amide bonds. The van der Waals surface area contributed by atoms with E-state index in [0.717, 1.165) is 31.6 Å². The van der Waals surface area contributed by atoms with Crippen LogP contribution in [0.5, 0.6) is 11.5 Å². The number of carbonyl (C=O) groups excluding carboxylic acids is 2. The molecule has 2 aliphatic heterocycles. The molecule has 7 nitrogen and oxygen atoms in total. The minimum Gasteiger partial charge on any atom is -0.454 e. The van der Waals surface area contributed by atoms with E-state index in [0.29, 0.717) is 28.3 Å². The molecule has 0 unspecified atom stereocenters. The van der Waals surface area contributed by atoms with Crippen LogP contribution >= 0.6 is 0 Å². The summed E-state index contributed by atoms with van der Waals surface area (Å²) in [5, 5.41) is 2.88. The predicted molar refractivity (Wildman–Crippen MR) is 106 cm³/mol. The third-order valence-corrected chi connectivity index (χ3v) is 4.99. The predicted octanol–water partition coefficient (Wildman–Crippen LogP) is 2.97. The topological polar surface area (TPSA) is 71.1 Å². The zero-order valence-electron chi connectivity index (χ0n) is 16.0. The van der Waals surface area contributed by atoms with E-state index < -0.39 is 0 Å². The molecule has 0 spiro atoms. The Bertz CT molecular complexity index is 920. The highest BCUT2D eigenvalue weighted by atomic mass is 16.7. The molecule has 0 aromatic heterocycles. The van der Waals surface area contributed by atoms with Gasteiger partial charge in [-0.15, -0.1) is 0 Å². The van der Waals surface area contributed by atoms with Gasteiger partial charge in [-0.05, 0) is 49.2 Å². The molecule has 2 aliphatic rings. The summed E-state index contributed by atoms with van der Waals surface area (Å²) in [6.45, 7) is 1.72. The first-order valence-electron chi connectivity index (χ1n) is 9.34. The lowest BCUT2D eigenvalue weighted by atomic mass is 10.1. The Balaban J connectivity index is 1.58. The summed E-state index contributed by atoms with van der Waals surface area (Å²) in [5.41, 5.74) is 2.47. The van der Waals surface area contributed by atoms with Crippen molar-refractivity contribution in [3.63, 3.8) is 0 Å². The van der Waals surface area contributed by atoms with Gasteiger partial charge in [-0.25, -0.2) is 0 Å². The van der Waals surface area contributed by atoms with Crippen LogP contribution in [-0.4, -0.2) is 50.7 Å². The Kier molecular flexibility index (Phi) is 4.81. The molecule has 1 saturated heterocycles. The van der Waals surface area contributed by atoms with E-state index in [1.54, 1.807) is 30.3 Å². The van der Waals surface area contributed by atoms with E-state index in [1.165, 1.54) is 0 Å². The first-order valence-corrected chi connectivity index (χ1v) is 9.34. The number of anilines is 2. The summed E-state index contributed by atoms with van der Waals surface area (Å²) in [6, 6.07) is 10.5. The molecule has 4 rings (SSSR count). The number of ether oxygens (including phenoxy) is 2. The van der Waals surface area contributed by atoms with E-state index in [1.807, 2.05) is 30.0 Å². The van der Waals surface area contributed by atoms with E-state index in [4.69, 9.17) is 9.47 Å². The normalized spacial score (nSPS) is 14.9.